The standard InChI is InChI=1S/C10H16ClN3O2/c1-6(2)3-7(4-15)14-9-8(11)10(16)13-5-12-9/h5-7,15H,3-4H2,1-2H3,(H2,12,13,14,16). The lowest BCUT2D eigenvalue weighted by Crippen LogP contribution is -2.27. The van der Waals surface area contributed by atoms with E-state index >= 15 is 0 Å². The maximum Gasteiger partial charge on any atom is 0.271 e. The summed E-state index contributed by atoms with van der Waals surface area (Å²) in [5, 5.41) is 12.2. The lowest BCUT2D eigenvalue weighted by atomic mass is 10.0. The van der Waals surface area contributed by atoms with Crippen molar-refractivity contribution in [3.05, 3.63) is 21.7 Å². The Balaban J connectivity index is 2.78. The van der Waals surface area contributed by atoms with Gasteiger partial charge in [0.25, 0.3) is 5.56 Å². The zero-order chi connectivity index (χ0) is 12.1. The molecule has 0 spiro atoms. The fourth-order valence-electron chi connectivity index (χ4n) is 1.43. The summed E-state index contributed by atoms with van der Waals surface area (Å²) in [6, 6.07) is -0.146. The maximum absolute atomic E-state index is 11.2. The van der Waals surface area contributed by atoms with Gasteiger partial charge in [-0.3, -0.25) is 4.79 Å². The van der Waals surface area contributed by atoms with E-state index in [2.05, 4.69) is 29.1 Å². The molecule has 0 aliphatic heterocycles. The van der Waals surface area contributed by atoms with E-state index in [1.807, 2.05) is 0 Å². The largest absolute Gasteiger partial charge is 0.394 e. The smallest absolute Gasteiger partial charge is 0.271 e. The number of aromatic nitrogens is 2. The van der Waals surface area contributed by atoms with E-state index < -0.39 is 0 Å². The average Bonchev–Trinajstić information content (AvgIpc) is 2.23. The summed E-state index contributed by atoms with van der Waals surface area (Å²) >= 11 is 5.78. The Hall–Kier alpha value is -1.07. The molecule has 1 aromatic rings. The van der Waals surface area contributed by atoms with Crippen LogP contribution in [0.2, 0.25) is 5.02 Å². The van der Waals surface area contributed by atoms with Crippen LogP contribution in [0.4, 0.5) is 5.82 Å². The molecular weight excluding hydrogens is 230 g/mol. The van der Waals surface area contributed by atoms with Crippen molar-refractivity contribution < 1.29 is 5.11 Å². The molecule has 1 rings (SSSR count). The van der Waals surface area contributed by atoms with Crippen molar-refractivity contribution in [3.63, 3.8) is 0 Å². The van der Waals surface area contributed by atoms with Gasteiger partial charge in [0.2, 0.25) is 0 Å². The van der Waals surface area contributed by atoms with Crippen molar-refractivity contribution in [2.75, 3.05) is 11.9 Å². The molecular formula is C10H16ClN3O2. The zero-order valence-corrected chi connectivity index (χ0v) is 10.1. The van der Waals surface area contributed by atoms with E-state index in [4.69, 9.17) is 11.6 Å². The molecule has 0 fully saturated rings. The maximum atomic E-state index is 11.2. The summed E-state index contributed by atoms with van der Waals surface area (Å²) in [5.41, 5.74) is -0.389. The number of nitrogens with one attached hydrogen (secondary N) is 2. The van der Waals surface area contributed by atoms with Crippen LogP contribution in [0.1, 0.15) is 20.3 Å². The molecule has 0 bridgehead atoms. The van der Waals surface area contributed by atoms with Crippen LogP contribution in [0, 0.1) is 5.92 Å². The van der Waals surface area contributed by atoms with Gasteiger partial charge in [-0.25, -0.2) is 4.98 Å². The number of rotatable bonds is 5. The Morgan fingerprint density at radius 2 is 2.31 bits per heavy atom. The van der Waals surface area contributed by atoms with Crippen LogP contribution in [0.15, 0.2) is 11.1 Å². The second kappa shape index (κ2) is 5.86. The van der Waals surface area contributed by atoms with E-state index in [9.17, 15) is 9.90 Å². The third kappa shape index (κ3) is 3.50. The Bertz CT molecular complexity index is 392. The topological polar surface area (TPSA) is 78.0 Å². The van der Waals surface area contributed by atoms with Gasteiger partial charge in [0.05, 0.1) is 19.0 Å². The molecule has 0 aromatic carbocycles. The van der Waals surface area contributed by atoms with Crippen LogP contribution in [-0.2, 0) is 0 Å². The minimum atomic E-state index is -0.389. The number of H-pyrrole nitrogens is 1. The molecule has 90 valence electrons. The van der Waals surface area contributed by atoms with Crippen molar-refractivity contribution in [3.8, 4) is 0 Å². The molecule has 3 N–H and O–H groups in total. The fourth-order valence-corrected chi connectivity index (χ4v) is 1.58. The molecule has 1 atom stereocenters. The molecule has 5 nitrogen and oxygen atoms in total. The Morgan fingerprint density at radius 1 is 1.62 bits per heavy atom. The van der Waals surface area contributed by atoms with Gasteiger partial charge in [0, 0.05) is 0 Å². The highest BCUT2D eigenvalue weighted by Gasteiger charge is 2.13. The van der Waals surface area contributed by atoms with Gasteiger partial charge in [-0.2, -0.15) is 0 Å². The molecule has 0 saturated carbocycles. The third-order valence-corrected chi connectivity index (χ3v) is 2.46. The summed E-state index contributed by atoms with van der Waals surface area (Å²) in [7, 11) is 0. The Morgan fingerprint density at radius 3 is 2.88 bits per heavy atom. The van der Waals surface area contributed by atoms with Crippen molar-refractivity contribution in [1.82, 2.24) is 9.97 Å². The highest BCUT2D eigenvalue weighted by Crippen LogP contribution is 2.15. The lowest BCUT2D eigenvalue weighted by molar-refractivity contribution is 0.259. The second-order valence-corrected chi connectivity index (χ2v) is 4.43. The van der Waals surface area contributed by atoms with Gasteiger partial charge in [-0.05, 0) is 12.3 Å². The Kier molecular flexibility index (Phi) is 4.76. The van der Waals surface area contributed by atoms with Crippen molar-refractivity contribution in [2.45, 2.75) is 26.3 Å². The quantitative estimate of drug-likeness (QED) is 0.730. The molecule has 0 radical (unpaired) electrons. The number of halogens is 1. The minimum Gasteiger partial charge on any atom is -0.394 e. The summed E-state index contributed by atoms with van der Waals surface area (Å²) in [4.78, 5) is 17.5. The van der Waals surface area contributed by atoms with E-state index in [0.29, 0.717) is 11.7 Å². The molecule has 0 aliphatic carbocycles. The monoisotopic (exact) mass is 245 g/mol. The molecule has 0 saturated heterocycles. The van der Waals surface area contributed by atoms with Crippen LogP contribution in [0.3, 0.4) is 0 Å². The van der Waals surface area contributed by atoms with Crippen molar-refractivity contribution >= 4 is 17.4 Å². The fraction of sp³-hybridized carbons (Fsp3) is 0.600. The van der Waals surface area contributed by atoms with E-state index in [-0.39, 0.29) is 23.2 Å². The first-order chi connectivity index (χ1) is 7.54. The van der Waals surface area contributed by atoms with Crippen LogP contribution >= 0.6 is 11.6 Å². The van der Waals surface area contributed by atoms with Gasteiger partial charge < -0.3 is 15.4 Å². The number of aromatic amines is 1. The molecule has 0 aliphatic rings. The van der Waals surface area contributed by atoms with E-state index in [1.54, 1.807) is 0 Å². The number of nitrogens with zero attached hydrogens (tertiary/aromatic N) is 1. The minimum absolute atomic E-state index is 0.0182. The summed E-state index contributed by atoms with van der Waals surface area (Å²) in [6.07, 6.45) is 2.06. The zero-order valence-electron chi connectivity index (χ0n) is 9.33. The summed E-state index contributed by atoms with van der Waals surface area (Å²) in [5.74, 6) is 0.746. The molecule has 6 heteroatoms. The highest BCUT2D eigenvalue weighted by atomic mass is 35.5. The highest BCUT2D eigenvalue weighted by molar-refractivity contribution is 6.32. The van der Waals surface area contributed by atoms with E-state index in [0.717, 1.165) is 6.42 Å². The van der Waals surface area contributed by atoms with Gasteiger partial charge in [0.1, 0.15) is 5.02 Å². The van der Waals surface area contributed by atoms with Gasteiger partial charge >= 0.3 is 0 Å². The first-order valence-electron chi connectivity index (χ1n) is 5.15. The second-order valence-electron chi connectivity index (χ2n) is 4.05. The van der Waals surface area contributed by atoms with Gasteiger partial charge in [-0.1, -0.05) is 25.4 Å². The third-order valence-electron chi connectivity index (χ3n) is 2.11. The SMILES string of the molecule is CC(C)CC(CO)Nc1nc[nH]c(=O)c1Cl. The number of aliphatic hydroxyl groups excluding tert-OH is 1. The van der Waals surface area contributed by atoms with Crippen LogP contribution in [-0.4, -0.2) is 27.7 Å². The Labute approximate surface area is 98.9 Å². The normalized spacial score (nSPS) is 12.8. The van der Waals surface area contributed by atoms with Crippen molar-refractivity contribution in [1.29, 1.82) is 0 Å². The average molecular weight is 246 g/mol. The molecule has 1 unspecified atom stereocenters. The summed E-state index contributed by atoms with van der Waals surface area (Å²) < 4.78 is 0. The predicted molar refractivity (Wildman–Crippen MR) is 63.8 cm³/mol. The predicted octanol–water partition coefficient (Wildman–Crippen LogP) is 1.24. The molecule has 0 amide bonds. The lowest BCUT2D eigenvalue weighted by Gasteiger charge is -2.18. The molecule has 1 heterocycles. The number of aliphatic hydroxyl groups is 1. The first kappa shape index (κ1) is 13.0. The van der Waals surface area contributed by atoms with Gasteiger partial charge in [0.15, 0.2) is 5.82 Å². The van der Waals surface area contributed by atoms with E-state index in [1.165, 1.54) is 6.33 Å². The first-order valence-corrected chi connectivity index (χ1v) is 5.53. The van der Waals surface area contributed by atoms with Gasteiger partial charge in [-0.15, -0.1) is 0 Å². The molecule has 1 aromatic heterocycles. The van der Waals surface area contributed by atoms with Crippen LogP contribution in [0.5, 0.6) is 0 Å². The number of hydrogen-bond acceptors (Lipinski definition) is 4. The number of hydrogen-bond donors (Lipinski definition) is 3. The van der Waals surface area contributed by atoms with Crippen LogP contribution < -0.4 is 10.9 Å². The van der Waals surface area contributed by atoms with Crippen molar-refractivity contribution in [2.24, 2.45) is 5.92 Å². The van der Waals surface area contributed by atoms with Crippen LogP contribution in [0.25, 0.3) is 0 Å². The molecule has 16 heavy (non-hydrogen) atoms. The summed E-state index contributed by atoms with van der Waals surface area (Å²) in [6.45, 7) is 4.08. The number of anilines is 1.